The van der Waals surface area contributed by atoms with Gasteiger partial charge in [0.2, 0.25) is 0 Å². The predicted octanol–water partition coefficient (Wildman–Crippen LogP) is 2.59. The number of aromatic carboxylic acids is 2. The van der Waals surface area contributed by atoms with Crippen molar-refractivity contribution in [3.8, 4) is 11.5 Å². The van der Waals surface area contributed by atoms with Crippen LogP contribution in [0.1, 0.15) is 20.7 Å². The van der Waals surface area contributed by atoms with Gasteiger partial charge in [-0.25, -0.2) is 9.59 Å². The summed E-state index contributed by atoms with van der Waals surface area (Å²) >= 11 is 0.949. The fourth-order valence-corrected chi connectivity index (χ4v) is 3.89. The molecule has 0 radical (unpaired) electrons. The minimum absolute atomic E-state index is 0.00214. The third-order valence-corrected chi connectivity index (χ3v) is 5.09. The van der Waals surface area contributed by atoms with Crippen LogP contribution in [-0.4, -0.2) is 35.1 Å². The zero-order valence-corrected chi connectivity index (χ0v) is 13.2. The molecule has 10 heteroatoms. The molecule has 1 aliphatic heterocycles. The van der Waals surface area contributed by atoms with Gasteiger partial charge in [0.05, 0.1) is 20.9 Å². The van der Waals surface area contributed by atoms with Crippen LogP contribution < -0.4 is 4.74 Å². The highest BCUT2D eigenvalue weighted by molar-refractivity contribution is 7.99. The molecule has 0 atom stereocenters. The Hall–Kier alpha value is -2.56. The van der Waals surface area contributed by atoms with Gasteiger partial charge in [-0.05, 0) is 30.3 Å². The molecule has 0 unspecified atom stereocenters. The van der Waals surface area contributed by atoms with Gasteiger partial charge in [0, 0.05) is 0 Å². The molecule has 0 spiro atoms. The number of hydrogen-bond donors (Lipinski definition) is 3. The molecule has 0 aliphatic carbocycles. The zero-order chi connectivity index (χ0) is 17.6. The summed E-state index contributed by atoms with van der Waals surface area (Å²) in [5.41, 5.74) is -0.354. The predicted molar refractivity (Wildman–Crippen MR) is 80.8 cm³/mol. The van der Waals surface area contributed by atoms with Gasteiger partial charge >= 0.3 is 11.9 Å². The van der Waals surface area contributed by atoms with Crippen LogP contribution in [0.5, 0.6) is 11.5 Å². The monoisotopic (exact) mass is 368 g/mol. The number of ether oxygens (including phenoxy) is 1. The summed E-state index contributed by atoms with van der Waals surface area (Å²) in [7, 11) is -4.72. The van der Waals surface area contributed by atoms with Crippen molar-refractivity contribution in [2.75, 3.05) is 0 Å². The Labute approximate surface area is 139 Å². The highest BCUT2D eigenvalue weighted by Crippen LogP contribution is 2.50. The molecule has 24 heavy (non-hydrogen) atoms. The van der Waals surface area contributed by atoms with Crippen LogP contribution in [-0.2, 0) is 10.1 Å². The van der Waals surface area contributed by atoms with Gasteiger partial charge in [-0.1, -0.05) is 11.8 Å². The first-order chi connectivity index (χ1) is 11.2. The van der Waals surface area contributed by atoms with Crippen molar-refractivity contribution in [2.24, 2.45) is 0 Å². The lowest BCUT2D eigenvalue weighted by Gasteiger charge is -2.22. The standard InChI is InChI=1S/C14H8O8S2/c15-13(16)6-1-2-8-9(3-6)23-10-4-7(14(17)18)5-11(12(10)22-8)24(19,20)21/h1-5H,(H,15,16)(H,17,18)(H,19,20,21). The van der Waals surface area contributed by atoms with Gasteiger partial charge in [-0.3, -0.25) is 4.55 Å². The Morgan fingerprint density at radius 3 is 2.17 bits per heavy atom. The molecule has 0 bridgehead atoms. The Morgan fingerprint density at radius 1 is 0.958 bits per heavy atom. The van der Waals surface area contributed by atoms with Crippen LogP contribution in [0.4, 0.5) is 0 Å². The lowest BCUT2D eigenvalue weighted by atomic mass is 10.2. The van der Waals surface area contributed by atoms with E-state index in [2.05, 4.69) is 0 Å². The SMILES string of the molecule is O=C(O)c1ccc2c(c1)Sc1cc(C(=O)O)cc(S(=O)(=O)O)c1O2. The minimum atomic E-state index is -4.72. The van der Waals surface area contributed by atoms with E-state index < -0.39 is 27.0 Å². The van der Waals surface area contributed by atoms with E-state index in [9.17, 15) is 22.6 Å². The maximum atomic E-state index is 11.5. The highest BCUT2D eigenvalue weighted by Gasteiger charge is 2.29. The summed E-state index contributed by atoms with van der Waals surface area (Å²) in [6.45, 7) is 0. The van der Waals surface area contributed by atoms with Crippen LogP contribution in [0.2, 0.25) is 0 Å². The molecule has 0 aromatic heterocycles. The normalized spacial score (nSPS) is 12.7. The minimum Gasteiger partial charge on any atom is -0.478 e. The van der Waals surface area contributed by atoms with E-state index in [1.807, 2.05) is 0 Å². The summed E-state index contributed by atoms with van der Waals surface area (Å²) in [5, 5.41) is 18.1. The van der Waals surface area contributed by atoms with Gasteiger partial charge in [0.25, 0.3) is 10.1 Å². The Morgan fingerprint density at radius 2 is 1.58 bits per heavy atom. The molecular formula is C14H8O8S2. The molecule has 0 saturated heterocycles. The van der Waals surface area contributed by atoms with E-state index in [1.54, 1.807) is 0 Å². The smallest absolute Gasteiger partial charge is 0.335 e. The van der Waals surface area contributed by atoms with E-state index in [0.717, 1.165) is 17.8 Å². The molecule has 124 valence electrons. The summed E-state index contributed by atoms with van der Waals surface area (Å²) in [6.07, 6.45) is 0. The lowest BCUT2D eigenvalue weighted by molar-refractivity contribution is 0.0685. The molecule has 3 rings (SSSR count). The number of benzene rings is 2. The molecule has 0 saturated carbocycles. The van der Waals surface area contributed by atoms with E-state index in [1.165, 1.54) is 24.3 Å². The molecule has 1 aliphatic rings. The van der Waals surface area contributed by atoms with E-state index >= 15 is 0 Å². The van der Waals surface area contributed by atoms with E-state index in [4.69, 9.17) is 14.9 Å². The quantitative estimate of drug-likeness (QED) is 0.595. The average molecular weight is 368 g/mol. The molecule has 1 heterocycles. The first-order valence-corrected chi connectivity index (χ1v) is 8.54. The average Bonchev–Trinajstić information content (AvgIpc) is 2.50. The Bertz CT molecular complexity index is 994. The molecule has 2 aromatic rings. The number of carboxylic acids is 2. The number of hydrogen-bond acceptors (Lipinski definition) is 6. The van der Waals surface area contributed by atoms with Crippen molar-refractivity contribution in [1.82, 2.24) is 0 Å². The van der Waals surface area contributed by atoms with Crippen LogP contribution in [0.15, 0.2) is 45.0 Å². The summed E-state index contributed by atoms with van der Waals surface area (Å²) in [5.74, 6) is -2.54. The first kappa shape index (κ1) is 16.3. The third-order valence-electron chi connectivity index (χ3n) is 3.17. The first-order valence-electron chi connectivity index (χ1n) is 6.28. The molecule has 0 fully saturated rings. The van der Waals surface area contributed by atoms with E-state index in [0.29, 0.717) is 4.90 Å². The summed E-state index contributed by atoms with van der Waals surface area (Å²) in [4.78, 5) is 22.0. The second-order valence-electron chi connectivity index (χ2n) is 4.75. The zero-order valence-electron chi connectivity index (χ0n) is 11.6. The molecule has 2 aromatic carbocycles. The van der Waals surface area contributed by atoms with Crippen molar-refractivity contribution in [3.63, 3.8) is 0 Å². The van der Waals surface area contributed by atoms with Gasteiger partial charge < -0.3 is 14.9 Å². The van der Waals surface area contributed by atoms with Crippen molar-refractivity contribution >= 4 is 33.8 Å². The van der Waals surface area contributed by atoms with Gasteiger partial charge in [0.15, 0.2) is 5.75 Å². The van der Waals surface area contributed by atoms with Crippen molar-refractivity contribution in [1.29, 1.82) is 0 Å². The van der Waals surface area contributed by atoms with Crippen LogP contribution >= 0.6 is 11.8 Å². The number of carboxylic acid groups (broad SMARTS) is 2. The number of rotatable bonds is 3. The van der Waals surface area contributed by atoms with Crippen LogP contribution in [0, 0.1) is 0 Å². The van der Waals surface area contributed by atoms with Gasteiger partial charge in [-0.15, -0.1) is 0 Å². The summed E-state index contributed by atoms with van der Waals surface area (Å²) < 4.78 is 37.8. The van der Waals surface area contributed by atoms with Crippen molar-refractivity contribution in [3.05, 3.63) is 41.5 Å². The third kappa shape index (κ3) is 2.82. The van der Waals surface area contributed by atoms with Gasteiger partial charge in [-0.2, -0.15) is 8.42 Å². The molecular weight excluding hydrogens is 360 g/mol. The summed E-state index contributed by atoms with van der Waals surface area (Å²) in [6, 6.07) is 5.95. The number of carbonyl (C=O) groups is 2. The molecule has 8 nitrogen and oxygen atoms in total. The topological polar surface area (TPSA) is 138 Å². The fourth-order valence-electron chi connectivity index (χ4n) is 2.10. The van der Waals surface area contributed by atoms with Crippen molar-refractivity contribution < 1.29 is 37.5 Å². The maximum Gasteiger partial charge on any atom is 0.335 e. The van der Waals surface area contributed by atoms with Crippen molar-refractivity contribution in [2.45, 2.75) is 14.7 Å². The highest BCUT2D eigenvalue weighted by atomic mass is 32.2. The fraction of sp³-hybridized carbons (Fsp3) is 0. The number of fused-ring (bicyclic) bond motifs is 2. The lowest BCUT2D eigenvalue weighted by Crippen LogP contribution is -2.08. The van der Waals surface area contributed by atoms with E-state index in [-0.39, 0.29) is 27.5 Å². The molecule has 0 amide bonds. The Balaban J connectivity index is 2.20. The molecule has 3 N–H and O–H groups in total. The Kier molecular flexibility index (Phi) is 3.74. The van der Waals surface area contributed by atoms with Gasteiger partial charge in [0.1, 0.15) is 10.6 Å². The van der Waals surface area contributed by atoms with Crippen LogP contribution in [0.3, 0.4) is 0 Å². The van der Waals surface area contributed by atoms with Crippen LogP contribution in [0.25, 0.3) is 0 Å². The largest absolute Gasteiger partial charge is 0.478 e. The second kappa shape index (κ2) is 5.51. The second-order valence-corrected chi connectivity index (χ2v) is 7.23. The maximum absolute atomic E-state index is 11.5.